The maximum Gasteiger partial charge on any atom is 0.433 e. The van der Waals surface area contributed by atoms with Crippen molar-refractivity contribution in [1.29, 1.82) is 0 Å². The lowest BCUT2D eigenvalue weighted by atomic mass is 9.79. The molecule has 160 valence electrons. The monoisotopic (exact) mass is 432 g/mol. The van der Waals surface area contributed by atoms with E-state index >= 15 is 0 Å². The van der Waals surface area contributed by atoms with Gasteiger partial charge in [0.2, 0.25) is 0 Å². The third kappa shape index (κ3) is 5.49. The molecule has 0 saturated carbocycles. The van der Waals surface area contributed by atoms with Crippen LogP contribution in [0.2, 0.25) is 0 Å². The van der Waals surface area contributed by atoms with Gasteiger partial charge < -0.3 is 15.4 Å². The fourth-order valence-electron chi connectivity index (χ4n) is 3.51. The van der Waals surface area contributed by atoms with E-state index in [1.807, 2.05) is 0 Å². The summed E-state index contributed by atoms with van der Waals surface area (Å²) in [5.74, 6) is -0.337. The minimum atomic E-state index is -4.53. The third-order valence-corrected chi connectivity index (χ3v) is 5.02. The van der Waals surface area contributed by atoms with E-state index in [2.05, 4.69) is 15.7 Å². The second kappa shape index (κ2) is 9.60. The minimum Gasteiger partial charge on any atom is -0.384 e. The van der Waals surface area contributed by atoms with E-state index in [1.54, 1.807) is 19.2 Å². The number of alkyl halides is 3. The summed E-state index contributed by atoms with van der Waals surface area (Å²) >= 11 is 0. The van der Waals surface area contributed by atoms with Crippen molar-refractivity contribution in [3.05, 3.63) is 47.8 Å². The van der Waals surface area contributed by atoms with Gasteiger partial charge in [-0.1, -0.05) is 6.07 Å². The van der Waals surface area contributed by atoms with Gasteiger partial charge in [0.05, 0.1) is 18.5 Å². The molecular weight excluding hydrogens is 409 g/mol. The molecule has 1 aromatic heterocycles. The number of hydrogen-bond donors (Lipinski definition) is 2. The van der Waals surface area contributed by atoms with Crippen LogP contribution in [-0.2, 0) is 10.9 Å². The van der Waals surface area contributed by atoms with E-state index in [4.69, 9.17) is 4.74 Å². The van der Waals surface area contributed by atoms with Crippen molar-refractivity contribution >= 4 is 18.3 Å². The highest BCUT2D eigenvalue weighted by Crippen LogP contribution is 2.31. The number of ether oxygens (including phenoxy) is 1. The predicted octanol–water partition coefficient (Wildman–Crippen LogP) is 3.06. The van der Waals surface area contributed by atoms with Gasteiger partial charge in [0, 0.05) is 24.6 Å². The van der Waals surface area contributed by atoms with Gasteiger partial charge in [-0.3, -0.25) is 4.79 Å². The topological polar surface area (TPSA) is 68.2 Å². The van der Waals surface area contributed by atoms with Crippen LogP contribution in [0.1, 0.15) is 28.9 Å². The summed E-state index contributed by atoms with van der Waals surface area (Å²) < 4.78 is 45.5. The molecule has 1 amide bonds. The van der Waals surface area contributed by atoms with Crippen molar-refractivity contribution in [3.8, 4) is 5.69 Å². The Balaban J connectivity index is 0.00000300. The normalized spacial score (nSPS) is 16.1. The average molecular weight is 433 g/mol. The van der Waals surface area contributed by atoms with E-state index in [0.717, 1.165) is 42.9 Å². The Hall–Kier alpha value is -2.10. The number of piperidine rings is 1. The zero-order valence-electron chi connectivity index (χ0n) is 16.0. The summed E-state index contributed by atoms with van der Waals surface area (Å²) in [7, 11) is 1.64. The molecule has 0 unspecified atom stereocenters. The number of amides is 1. The Morgan fingerprint density at radius 3 is 2.69 bits per heavy atom. The Kier molecular flexibility index (Phi) is 7.67. The molecule has 1 saturated heterocycles. The fraction of sp³-hybridized carbons (Fsp3) is 0.474. The SMILES string of the molecule is COCC1(CNC(=O)c2cccc(-n3nccc3C(F)(F)F)c2)CCNCC1.Cl. The van der Waals surface area contributed by atoms with Crippen LogP contribution in [0.3, 0.4) is 0 Å². The number of methoxy groups -OCH3 is 1. The molecule has 0 atom stereocenters. The number of nitrogens with one attached hydrogen (secondary N) is 2. The number of benzene rings is 1. The first-order chi connectivity index (χ1) is 13.3. The third-order valence-electron chi connectivity index (χ3n) is 5.02. The molecule has 2 heterocycles. The zero-order chi connectivity index (χ0) is 20.2. The van der Waals surface area contributed by atoms with Crippen LogP contribution in [0.15, 0.2) is 36.5 Å². The maximum absolute atomic E-state index is 13.1. The summed E-state index contributed by atoms with van der Waals surface area (Å²) in [5, 5.41) is 9.95. The summed E-state index contributed by atoms with van der Waals surface area (Å²) in [6.07, 6.45) is -1.69. The molecule has 0 radical (unpaired) electrons. The summed E-state index contributed by atoms with van der Waals surface area (Å²) in [4.78, 5) is 12.6. The number of hydrogen-bond acceptors (Lipinski definition) is 4. The molecule has 1 fully saturated rings. The van der Waals surface area contributed by atoms with Crippen molar-refractivity contribution in [3.63, 3.8) is 0 Å². The van der Waals surface area contributed by atoms with Crippen molar-refractivity contribution in [1.82, 2.24) is 20.4 Å². The number of carbonyl (C=O) groups is 1. The second-order valence-corrected chi connectivity index (χ2v) is 7.04. The van der Waals surface area contributed by atoms with Gasteiger partial charge in [0.1, 0.15) is 5.69 Å². The van der Waals surface area contributed by atoms with E-state index in [1.165, 1.54) is 12.1 Å². The Bertz CT molecular complexity index is 814. The van der Waals surface area contributed by atoms with Gasteiger partial charge in [0.25, 0.3) is 5.91 Å². The number of halogens is 4. The summed E-state index contributed by atoms with van der Waals surface area (Å²) in [5.41, 5.74) is -0.571. The Morgan fingerprint density at radius 2 is 2.03 bits per heavy atom. The molecule has 6 nitrogen and oxygen atoms in total. The molecule has 10 heteroatoms. The largest absolute Gasteiger partial charge is 0.433 e. The summed E-state index contributed by atoms with van der Waals surface area (Å²) in [6, 6.07) is 6.90. The first-order valence-corrected chi connectivity index (χ1v) is 9.04. The summed E-state index contributed by atoms with van der Waals surface area (Å²) in [6.45, 7) is 2.70. The molecule has 0 aliphatic carbocycles. The zero-order valence-corrected chi connectivity index (χ0v) is 16.8. The first-order valence-electron chi connectivity index (χ1n) is 9.04. The van der Waals surface area contributed by atoms with E-state index in [-0.39, 0.29) is 35.0 Å². The maximum atomic E-state index is 13.1. The number of nitrogens with zero attached hydrogens (tertiary/aromatic N) is 2. The molecule has 1 aromatic carbocycles. The van der Waals surface area contributed by atoms with Crippen molar-refractivity contribution in [2.75, 3.05) is 33.4 Å². The number of aromatic nitrogens is 2. The highest BCUT2D eigenvalue weighted by atomic mass is 35.5. The minimum absolute atomic E-state index is 0. The van der Waals surface area contributed by atoms with Crippen LogP contribution in [0.4, 0.5) is 13.2 Å². The van der Waals surface area contributed by atoms with Crippen molar-refractivity contribution < 1.29 is 22.7 Å². The number of carbonyl (C=O) groups excluding carboxylic acids is 1. The van der Waals surface area contributed by atoms with Gasteiger partial charge in [-0.2, -0.15) is 18.3 Å². The highest BCUT2D eigenvalue weighted by molar-refractivity contribution is 5.94. The standard InChI is InChI=1S/C19H23F3N4O2.ClH/c1-28-13-18(6-9-23-10-7-18)12-24-17(27)14-3-2-4-15(11-14)26-16(5-8-25-26)19(20,21)22;/h2-5,8,11,23H,6-7,9-10,12-13H2,1H3,(H,24,27);1H. The van der Waals surface area contributed by atoms with Gasteiger partial charge in [0.15, 0.2) is 0 Å². The smallest absolute Gasteiger partial charge is 0.384 e. The van der Waals surface area contributed by atoms with Gasteiger partial charge in [-0.05, 0) is 50.2 Å². The van der Waals surface area contributed by atoms with Crippen molar-refractivity contribution in [2.24, 2.45) is 5.41 Å². The first kappa shape index (κ1) is 23.2. The lowest BCUT2D eigenvalue weighted by Crippen LogP contribution is -2.47. The molecule has 2 N–H and O–H groups in total. The van der Waals surface area contributed by atoms with Gasteiger partial charge in [-0.15, -0.1) is 12.4 Å². The Morgan fingerprint density at radius 1 is 1.31 bits per heavy atom. The van der Waals surface area contributed by atoms with Crippen LogP contribution in [0.5, 0.6) is 0 Å². The fourth-order valence-corrected chi connectivity index (χ4v) is 3.51. The number of rotatable bonds is 6. The lowest BCUT2D eigenvalue weighted by molar-refractivity contribution is -0.142. The quantitative estimate of drug-likeness (QED) is 0.736. The van der Waals surface area contributed by atoms with Gasteiger partial charge in [-0.25, -0.2) is 4.68 Å². The van der Waals surface area contributed by atoms with E-state index in [9.17, 15) is 18.0 Å². The average Bonchev–Trinajstić information content (AvgIpc) is 3.18. The molecule has 1 aliphatic rings. The predicted molar refractivity (Wildman–Crippen MR) is 105 cm³/mol. The van der Waals surface area contributed by atoms with Crippen LogP contribution in [0, 0.1) is 5.41 Å². The van der Waals surface area contributed by atoms with Gasteiger partial charge >= 0.3 is 6.18 Å². The van der Waals surface area contributed by atoms with Crippen LogP contribution in [-0.4, -0.2) is 49.0 Å². The highest BCUT2D eigenvalue weighted by Gasteiger charge is 2.35. The van der Waals surface area contributed by atoms with Crippen LogP contribution < -0.4 is 10.6 Å². The van der Waals surface area contributed by atoms with E-state index < -0.39 is 11.9 Å². The lowest BCUT2D eigenvalue weighted by Gasteiger charge is -2.37. The molecule has 2 aromatic rings. The molecular formula is C19H24ClF3N4O2. The molecule has 1 aliphatic heterocycles. The molecule has 0 spiro atoms. The molecule has 0 bridgehead atoms. The van der Waals surface area contributed by atoms with Crippen molar-refractivity contribution in [2.45, 2.75) is 19.0 Å². The van der Waals surface area contributed by atoms with Crippen LogP contribution >= 0.6 is 12.4 Å². The van der Waals surface area contributed by atoms with Crippen LogP contribution in [0.25, 0.3) is 5.69 Å². The molecule has 29 heavy (non-hydrogen) atoms. The molecule has 3 rings (SSSR count). The Labute approximate surface area is 173 Å². The van der Waals surface area contributed by atoms with E-state index in [0.29, 0.717) is 13.2 Å². The second-order valence-electron chi connectivity index (χ2n) is 7.04.